The van der Waals surface area contributed by atoms with Crippen LogP contribution in [0.3, 0.4) is 0 Å². The summed E-state index contributed by atoms with van der Waals surface area (Å²) in [7, 11) is 0. The Morgan fingerprint density at radius 3 is 1.56 bits per heavy atom. The molecular formula is C24H33F. The first-order valence-corrected chi connectivity index (χ1v) is 9.61. The molecule has 0 amide bonds. The van der Waals surface area contributed by atoms with E-state index in [1.54, 1.807) is 6.07 Å². The maximum atomic E-state index is 14.6. The Morgan fingerprint density at radius 2 is 1.08 bits per heavy atom. The van der Waals surface area contributed by atoms with Crippen molar-refractivity contribution in [2.45, 2.75) is 79.1 Å². The normalized spacial score (nSPS) is 12.0. The summed E-state index contributed by atoms with van der Waals surface area (Å²) in [5.74, 6) is 1.30. The number of hydrogen-bond acceptors (Lipinski definition) is 0. The van der Waals surface area contributed by atoms with Crippen LogP contribution in [0.5, 0.6) is 0 Å². The zero-order chi connectivity index (χ0) is 18.9. The molecule has 0 aliphatic carbocycles. The lowest BCUT2D eigenvalue weighted by molar-refractivity contribution is 0.594. The third kappa shape index (κ3) is 4.14. The van der Waals surface area contributed by atoms with Gasteiger partial charge < -0.3 is 0 Å². The lowest BCUT2D eigenvalue weighted by Gasteiger charge is -2.22. The van der Waals surface area contributed by atoms with Crippen molar-refractivity contribution in [1.82, 2.24) is 0 Å². The highest BCUT2D eigenvalue weighted by molar-refractivity contribution is 5.73. The van der Waals surface area contributed by atoms with Gasteiger partial charge in [0.1, 0.15) is 5.82 Å². The van der Waals surface area contributed by atoms with Gasteiger partial charge in [-0.2, -0.15) is 0 Å². The molecule has 0 radical (unpaired) electrons. The highest BCUT2D eigenvalue weighted by Gasteiger charge is 2.19. The first-order valence-electron chi connectivity index (χ1n) is 9.61. The summed E-state index contributed by atoms with van der Waals surface area (Å²) in [6, 6.07) is 10.7. The highest BCUT2D eigenvalue weighted by atomic mass is 19.1. The molecule has 0 nitrogen and oxygen atoms in total. The van der Waals surface area contributed by atoms with Gasteiger partial charge in [0.05, 0.1) is 0 Å². The third-order valence-electron chi connectivity index (χ3n) is 5.07. The first kappa shape index (κ1) is 19.7. The van der Waals surface area contributed by atoms with Gasteiger partial charge >= 0.3 is 0 Å². The molecule has 2 aromatic rings. The van der Waals surface area contributed by atoms with Crippen molar-refractivity contribution in [2.75, 3.05) is 0 Å². The molecule has 136 valence electrons. The van der Waals surface area contributed by atoms with Crippen LogP contribution in [0.25, 0.3) is 11.1 Å². The molecule has 0 saturated heterocycles. The van der Waals surface area contributed by atoms with E-state index in [0.717, 1.165) is 11.1 Å². The Hall–Kier alpha value is -1.63. The largest absolute Gasteiger partial charge is 0.207 e. The number of halogens is 1. The second-order valence-electron chi connectivity index (χ2n) is 8.43. The molecule has 2 rings (SSSR count). The highest BCUT2D eigenvalue weighted by Crippen LogP contribution is 2.39. The molecule has 2 aromatic carbocycles. The Labute approximate surface area is 153 Å². The fraction of sp³-hybridized carbons (Fsp3) is 0.500. The molecule has 0 aliphatic heterocycles. The second-order valence-corrected chi connectivity index (χ2v) is 8.43. The SMILES string of the molecule is CC(C)c1ccc(C(C)C)c(-c2cc(C(C)C)c(F)cc2C(C)C)c1. The number of rotatable bonds is 5. The molecule has 1 heteroatoms. The molecule has 25 heavy (non-hydrogen) atoms. The van der Waals surface area contributed by atoms with E-state index in [9.17, 15) is 4.39 Å². The van der Waals surface area contributed by atoms with E-state index in [1.165, 1.54) is 22.3 Å². The van der Waals surface area contributed by atoms with Gasteiger partial charge in [-0.05, 0) is 69.2 Å². The molecule has 0 unspecified atom stereocenters. The summed E-state index contributed by atoms with van der Waals surface area (Å²) in [4.78, 5) is 0. The van der Waals surface area contributed by atoms with Gasteiger partial charge in [0.2, 0.25) is 0 Å². The van der Waals surface area contributed by atoms with E-state index < -0.39 is 0 Å². The molecule has 0 aromatic heterocycles. The summed E-state index contributed by atoms with van der Waals surface area (Å²) in [5, 5.41) is 0. The van der Waals surface area contributed by atoms with Crippen LogP contribution in [0, 0.1) is 5.82 Å². The van der Waals surface area contributed by atoms with E-state index in [-0.39, 0.29) is 17.7 Å². The summed E-state index contributed by atoms with van der Waals surface area (Å²) in [6.45, 7) is 17.3. The standard InChI is InChI=1S/C24H33F/c1-14(2)18-9-10-19(15(3)4)22(11-18)23-12-21(17(7)8)24(25)13-20(23)16(5)6/h9-17H,1-8H3. The van der Waals surface area contributed by atoms with Crippen LogP contribution < -0.4 is 0 Å². The fourth-order valence-electron chi connectivity index (χ4n) is 3.43. The van der Waals surface area contributed by atoms with Gasteiger partial charge in [0.15, 0.2) is 0 Å². The average Bonchev–Trinajstić information content (AvgIpc) is 2.53. The van der Waals surface area contributed by atoms with Crippen molar-refractivity contribution in [3.63, 3.8) is 0 Å². The van der Waals surface area contributed by atoms with E-state index in [1.807, 2.05) is 0 Å². The Bertz CT molecular complexity index is 736. The number of hydrogen-bond donors (Lipinski definition) is 0. The lowest BCUT2D eigenvalue weighted by atomic mass is 9.83. The second kappa shape index (κ2) is 7.72. The smallest absolute Gasteiger partial charge is 0.126 e. The summed E-state index contributed by atoms with van der Waals surface area (Å²) in [5.41, 5.74) is 7.06. The molecule has 0 saturated carbocycles. The molecular weight excluding hydrogens is 307 g/mol. The molecule has 0 N–H and O–H groups in total. The minimum Gasteiger partial charge on any atom is -0.207 e. The van der Waals surface area contributed by atoms with Crippen LogP contribution in [0.15, 0.2) is 30.3 Å². The van der Waals surface area contributed by atoms with Gasteiger partial charge in [-0.3, -0.25) is 0 Å². The predicted octanol–water partition coefficient (Wildman–Crippen LogP) is 7.99. The van der Waals surface area contributed by atoms with Crippen molar-refractivity contribution in [3.8, 4) is 11.1 Å². The first-order chi connectivity index (χ1) is 11.6. The lowest BCUT2D eigenvalue weighted by Crippen LogP contribution is -2.03. The van der Waals surface area contributed by atoms with E-state index in [4.69, 9.17) is 0 Å². The minimum atomic E-state index is -0.0754. The maximum absolute atomic E-state index is 14.6. The quantitative estimate of drug-likeness (QED) is 0.517. The maximum Gasteiger partial charge on any atom is 0.126 e. The molecule has 0 fully saturated rings. The monoisotopic (exact) mass is 340 g/mol. The van der Waals surface area contributed by atoms with E-state index in [2.05, 4.69) is 79.7 Å². The fourth-order valence-corrected chi connectivity index (χ4v) is 3.43. The van der Waals surface area contributed by atoms with Crippen molar-refractivity contribution < 1.29 is 4.39 Å². The molecule has 0 spiro atoms. The number of benzene rings is 2. The summed E-state index contributed by atoms with van der Waals surface area (Å²) in [6.07, 6.45) is 0. The molecule has 0 bridgehead atoms. The summed E-state index contributed by atoms with van der Waals surface area (Å²) >= 11 is 0. The summed E-state index contributed by atoms with van der Waals surface area (Å²) < 4.78 is 14.6. The third-order valence-corrected chi connectivity index (χ3v) is 5.07. The van der Waals surface area contributed by atoms with Crippen molar-refractivity contribution >= 4 is 0 Å². The van der Waals surface area contributed by atoms with E-state index >= 15 is 0 Å². The van der Waals surface area contributed by atoms with Crippen molar-refractivity contribution in [2.24, 2.45) is 0 Å². The van der Waals surface area contributed by atoms with Crippen LogP contribution in [0.1, 0.15) is 101 Å². The van der Waals surface area contributed by atoms with Crippen LogP contribution in [-0.2, 0) is 0 Å². The molecule has 0 heterocycles. The Morgan fingerprint density at radius 1 is 0.560 bits per heavy atom. The van der Waals surface area contributed by atoms with Crippen LogP contribution in [0.4, 0.5) is 4.39 Å². The topological polar surface area (TPSA) is 0 Å². The Kier molecular flexibility index (Phi) is 6.08. The van der Waals surface area contributed by atoms with E-state index in [0.29, 0.717) is 11.8 Å². The average molecular weight is 341 g/mol. The zero-order valence-electron chi connectivity index (χ0n) is 17.1. The van der Waals surface area contributed by atoms with Gasteiger partial charge in [0, 0.05) is 0 Å². The van der Waals surface area contributed by atoms with Crippen molar-refractivity contribution in [1.29, 1.82) is 0 Å². The minimum absolute atomic E-state index is 0.0754. The molecule has 0 aliphatic rings. The molecule has 0 atom stereocenters. The van der Waals surface area contributed by atoms with Gasteiger partial charge in [0.25, 0.3) is 0 Å². The van der Waals surface area contributed by atoms with Crippen molar-refractivity contribution in [3.05, 3.63) is 58.4 Å². The van der Waals surface area contributed by atoms with Gasteiger partial charge in [-0.25, -0.2) is 4.39 Å². The van der Waals surface area contributed by atoms with Crippen LogP contribution in [0.2, 0.25) is 0 Å². The van der Waals surface area contributed by atoms with Crippen LogP contribution in [-0.4, -0.2) is 0 Å². The zero-order valence-corrected chi connectivity index (χ0v) is 17.1. The van der Waals surface area contributed by atoms with Crippen LogP contribution >= 0.6 is 0 Å². The predicted molar refractivity (Wildman–Crippen MR) is 108 cm³/mol. The van der Waals surface area contributed by atoms with Gasteiger partial charge in [-0.15, -0.1) is 0 Å². The van der Waals surface area contributed by atoms with Gasteiger partial charge in [-0.1, -0.05) is 73.6 Å². The Balaban J connectivity index is 2.83.